The zero-order chi connectivity index (χ0) is 13.8. The monoisotopic (exact) mass is 327 g/mol. The maximum absolute atomic E-state index is 13.2. The second kappa shape index (κ2) is 6.85. The van der Waals surface area contributed by atoms with Gasteiger partial charge in [-0.1, -0.05) is 25.8 Å². The highest BCUT2D eigenvalue weighted by Gasteiger charge is 2.19. The predicted octanol–water partition coefficient (Wildman–Crippen LogP) is 5.07. The summed E-state index contributed by atoms with van der Waals surface area (Å²) in [6, 6.07) is 5.53. The molecule has 1 aliphatic carbocycles. The lowest BCUT2D eigenvalue weighted by atomic mass is 9.82. The molecule has 0 bridgehead atoms. The van der Waals surface area contributed by atoms with Crippen molar-refractivity contribution in [3.05, 3.63) is 34.1 Å². The minimum absolute atomic E-state index is 0.197. The lowest BCUT2D eigenvalue weighted by molar-refractivity contribution is 0.268. The lowest BCUT2D eigenvalue weighted by Gasteiger charge is -2.28. The van der Waals surface area contributed by atoms with E-state index in [4.69, 9.17) is 0 Å². The minimum atomic E-state index is -0.197. The molecule has 19 heavy (non-hydrogen) atoms. The Balaban J connectivity index is 1.86. The van der Waals surface area contributed by atoms with Gasteiger partial charge in [-0.3, -0.25) is 0 Å². The molecule has 3 heteroatoms. The van der Waals surface area contributed by atoms with Crippen LogP contribution in [0.4, 0.5) is 4.39 Å². The van der Waals surface area contributed by atoms with Crippen molar-refractivity contribution in [2.45, 2.75) is 45.6 Å². The molecule has 1 N–H and O–H groups in total. The first-order valence-electron chi connectivity index (χ1n) is 7.24. The van der Waals surface area contributed by atoms with Crippen LogP contribution in [0.25, 0.3) is 0 Å². The summed E-state index contributed by atoms with van der Waals surface area (Å²) in [6.45, 7) is 5.57. The zero-order valence-corrected chi connectivity index (χ0v) is 13.3. The third kappa shape index (κ3) is 4.28. The van der Waals surface area contributed by atoms with E-state index in [1.807, 2.05) is 12.1 Å². The Hall–Kier alpha value is -0.410. The van der Waals surface area contributed by atoms with Crippen molar-refractivity contribution in [3.8, 4) is 0 Å². The second-order valence-corrected chi connectivity index (χ2v) is 6.80. The SMILES string of the molecule is CC1CCCC(CNC(C)c2ccc(F)c(Br)c2)C1. The Kier molecular flexibility index (Phi) is 5.40. The summed E-state index contributed by atoms with van der Waals surface area (Å²) in [5.41, 5.74) is 1.14. The maximum Gasteiger partial charge on any atom is 0.137 e. The number of benzene rings is 1. The first kappa shape index (κ1) is 15.0. The quantitative estimate of drug-likeness (QED) is 0.814. The minimum Gasteiger partial charge on any atom is -0.310 e. The molecule has 1 saturated carbocycles. The number of nitrogens with one attached hydrogen (secondary N) is 1. The van der Waals surface area contributed by atoms with Gasteiger partial charge in [-0.25, -0.2) is 4.39 Å². The molecule has 2 rings (SSSR count). The Morgan fingerprint density at radius 3 is 2.89 bits per heavy atom. The molecule has 0 saturated heterocycles. The molecule has 3 atom stereocenters. The van der Waals surface area contributed by atoms with Crippen LogP contribution < -0.4 is 5.32 Å². The van der Waals surface area contributed by atoms with Gasteiger partial charge in [-0.15, -0.1) is 0 Å². The molecule has 1 fully saturated rings. The molecule has 0 amide bonds. The van der Waals surface area contributed by atoms with Crippen LogP contribution in [0.3, 0.4) is 0 Å². The fraction of sp³-hybridized carbons (Fsp3) is 0.625. The summed E-state index contributed by atoms with van der Waals surface area (Å²) in [5, 5.41) is 3.59. The first-order valence-corrected chi connectivity index (χ1v) is 8.04. The van der Waals surface area contributed by atoms with Crippen LogP contribution in [-0.2, 0) is 0 Å². The van der Waals surface area contributed by atoms with Crippen LogP contribution in [0, 0.1) is 17.7 Å². The van der Waals surface area contributed by atoms with Gasteiger partial charge < -0.3 is 5.32 Å². The molecule has 0 heterocycles. The fourth-order valence-electron chi connectivity index (χ4n) is 2.99. The first-order chi connectivity index (χ1) is 9.06. The average Bonchev–Trinajstić information content (AvgIpc) is 2.39. The van der Waals surface area contributed by atoms with E-state index in [0.717, 1.165) is 23.9 Å². The van der Waals surface area contributed by atoms with Gasteiger partial charge in [-0.05, 0) is 71.8 Å². The number of halogens is 2. The third-order valence-corrected chi connectivity index (χ3v) is 4.81. The maximum atomic E-state index is 13.2. The van der Waals surface area contributed by atoms with Gasteiger partial charge in [0.25, 0.3) is 0 Å². The van der Waals surface area contributed by atoms with Crippen molar-refractivity contribution in [2.24, 2.45) is 11.8 Å². The summed E-state index contributed by atoms with van der Waals surface area (Å²) in [5.74, 6) is 1.47. The summed E-state index contributed by atoms with van der Waals surface area (Å²) >= 11 is 3.25. The van der Waals surface area contributed by atoms with E-state index in [2.05, 4.69) is 35.1 Å². The average molecular weight is 328 g/mol. The van der Waals surface area contributed by atoms with E-state index >= 15 is 0 Å². The highest BCUT2D eigenvalue weighted by Crippen LogP contribution is 2.28. The van der Waals surface area contributed by atoms with Crippen LogP contribution >= 0.6 is 15.9 Å². The Labute approximate surface area is 124 Å². The highest BCUT2D eigenvalue weighted by molar-refractivity contribution is 9.10. The van der Waals surface area contributed by atoms with E-state index in [1.54, 1.807) is 0 Å². The van der Waals surface area contributed by atoms with E-state index in [-0.39, 0.29) is 11.9 Å². The van der Waals surface area contributed by atoms with Gasteiger partial charge in [0.2, 0.25) is 0 Å². The summed E-state index contributed by atoms with van der Waals surface area (Å²) in [7, 11) is 0. The normalized spacial score (nSPS) is 25.3. The van der Waals surface area contributed by atoms with Crippen LogP contribution in [-0.4, -0.2) is 6.54 Å². The van der Waals surface area contributed by atoms with Gasteiger partial charge in [0.15, 0.2) is 0 Å². The smallest absolute Gasteiger partial charge is 0.137 e. The molecule has 0 spiro atoms. The molecule has 1 aromatic rings. The van der Waals surface area contributed by atoms with Crippen molar-refractivity contribution in [1.29, 1.82) is 0 Å². The molecular formula is C16H23BrFN. The van der Waals surface area contributed by atoms with Gasteiger partial charge in [-0.2, -0.15) is 0 Å². The fourth-order valence-corrected chi connectivity index (χ4v) is 3.38. The molecular weight excluding hydrogens is 305 g/mol. The Morgan fingerprint density at radius 1 is 1.42 bits per heavy atom. The summed E-state index contributed by atoms with van der Waals surface area (Å²) < 4.78 is 13.8. The summed E-state index contributed by atoms with van der Waals surface area (Å²) in [6.07, 6.45) is 5.44. The van der Waals surface area contributed by atoms with E-state index in [1.165, 1.54) is 31.7 Å². The number of hydrogen-bond donors (Lipinski definition) is 1. The van der Waals surface area contributed by atoms with E-state index in [0.29, 0.717) is 4.47 Å². The molecule has 0 radical (unpaired) electrons. The van der Waals surface area contributed by atoms with Crippen molar-refractivity contribution >= 4 is 15.9 Å². The van der Waals surface area contributed by atoms with Crippen LogP contribution in [0.15, 0.2) is 22.7 Å². The molecule has 1 aromatic carbocycles. The van der Waals surface area contributed by atoms with Crippen LogP contribution in [0.2, 0.25) is 0 Å². The number of hydrogen-bond acceptors (Lipinski definition) is 1. The molecule has 1 aliphatic rings. The standard InChI is InChI=1S/C16H23BrFN/c1-11-4-3-5-13(8-11)10-19-12(2)14-6-7-16(18)15(17)9-14/h6-7,9,11-13,19H,3-5,8,10H2,1-2H3. The summed E-state index contributed by atoms with van der Waals surface area (Å²) in [4.78, 5) is 0. The van der Waals surface area contributed by atoms with Crippen LogP contribution in [0.1, 0.15) is 51.1 Å². The van der Waals surface area contributed by atoms with Gasteiger partial charge in [0, 0.05) is 6.04 Å². The predicted molar refractivity (Wildman–Crippen MR) is 81.6 cm³/mol. The van der Waals surface area contributed by atoms with Gasteiger partial charge >= 0.3 is 0 Å². The lowest BCUT2D eigenvalue weighted by Crippen LogP contribution is -2.28. The van der Waals surface area contributed by atoms with Crippen molar-refractivity contribution in [2.75, 3.05) is 6.54 Å². The van der Waals surface area contributed by atoms with Gasteiger partial charge in [0.05, 0.1) is 4.47 Å². The Bertz CT molecular complexity index is 421. The van der Waals surface area contributed by atoms with E-state index < -0.39 is 0 Å². The largest absolute Gasteiger partial charge is 0.310 e. The molecule has 0 aromatic heterocycles. The van der Waals surface area contributed by atoms with Gasteiger partial charge in [0.1, 0.15) is 5.82 Å². The highest BCUT2D eigenvalue weighted by atomic mass is 79.9. The molecule has 3 unspecified atom stereocenters. The van der Waals surface area contributed by atoms with Crippen molar-refractivity contribution in [1.82, 2.24) is 5.32 Å². The topological polar surface area (TPSA) is 12.0 Å². The zero-order valence-electron chi connectivity index (χ0n) is 11.8. The molecule has 0 aliphatic heterocycles. The van der Waals surface area contributed by atoms with Crippen LogP contribution in [0.5, 0.6) is 0 Å². The molecule has 106 valence electrons. The Morgan fingerprint density at radius 2 is 2.21 bits per heavy atom. The second-order valence-electron chi connectivity index (χ2n) is 5.94. The number of rotatable bonds is 4. The van der Waals surface area contributed by atoms with Crippen molar-refractivity contribution in [3.63, 3.8) is 0 Å². The van der Waals surface area contributed by atoms with Crippen molar-refractivity contribution < 1.29 is 4.39 Å². The molecule has 1 nitrogen and oxygen atoms in total. The van der Waals surface area contributed by atoms with E-state index in [9.17, 15) is 4.39 Å². The third-order valence-electron chi connectivity index (χ3n) is 4.20.